The lowest BCUT2D eigenvalue weighted by Gasteiger charge is -2.41. The fraction of sp³-hybridized carbons (Fsp3) is 1.00. The first-order chi connectivity index (χ1) is 7.50. The summed E-state index contributed by atoms with van der Waals surface area (Å²) in [5.74, 6) is 1.74. The Morgan fingerprint density at radius 3 is 2.56 bits per heavy atom. The summed E-state index contributed by atoms with van der Waals surface area (Å²) < 4.78 is 0. The number of rotatable bonds is 5. The molecule has 0 aliphatic carbocycles. The van der Waals surface area contributed by atoms with E-state index < -0.39 is 0 Å². The van der Waals surface area contributed by atoms with E-state index in [2.05, 4.69) is 44.8 Å². The van der Waals surface area contributed by atoms with Crippen LogP contribution in [-0.2, 0) is 0 Å². The second-order valence-corrected chi connectivity index (χ2v) is 6.02. The van der Waals surface area contributed by atoms with Gasteiger partial charge in [0, 0.05) is 18.6 Å². The van der Waals surface area contributed by atoms with E-state index in [0.29, 0.717) is 6.04 Å². The van der Waals surface area contributed by atoms with Gasteiger partial charge in [0.05, 0.1) is 0 Å². The number of hydrogen-bond donors (Lipinski definition) is 1. The number of piperidine rings is 1. The molecule has 0 aromatic heterocycles. The summed E-state index contributed by atoms with van der Waals surface area (Å²) in [4.78, 5) is 2.68. The zero-order valence-corrected chi connectivity index (χ0v) is 11.8. The highest BCUT2D eigenvalue weighted by Crippen LogP contribution is 2.26. The van der Waals surface area contributed by atoms with Crippen LogP contribution >= 0.6 is 0 Å². The fourth-order valence-electron chi connectivity index (χ4n) is 2.80. The Balaban J connectivity index is 2.24. The first kappa shape index (κ1) is 14.0. The predicted molar refractivity (Wildman–Crippen MR) is 71.7 cm³/mol. The van der Waals surface area contributed by atoms with E-state index in [1.807, 2.05) is 0 Å². The van der Waals surface area contributed by atoms with E-state index in [4.69, 9.17) is 0 Å². The highest BCUT2D eigenvalue weighted by atomic mass is 15.2. The molecule has 1 N–H and O–H groups in total. The van der Waals surface area contributed by atoms with Gasteiger partial charge in [0.25, 0.3) is 0 Å². The van der Waals surface area contributed by atoms with Crippen LogP contribution in [0.3, 0.4) is 0 Å². The van der Waals surface area contributed by atoms with Crippen molar-refractivity contribution < 1.29 is 0 Å². The summed E-state index contributed by atoms with van der Waals surface area (Å²) in [5, 5.41) is 3.50. The molecule has 0 bridgehead atoms. The number of hydrogen-bond acceptors (Lipinski definition) is 2. The van der Waals surface area contributed by atoms with Crippen molar-refractivity contribution in [3.8, 4) is 0 Å². The maximum atomic E-state index is 3.50. The molecule has 1 aliphatic heterocycles. The Morgan fingerprint density at radius 1 is 1.25 bits per heavy atom. The summed E-state index contributed by atoms with van der Waals surface area (Å²) >= 11 is 0. The van der Waals surface area contributed by atoms with Gasteiger partial charge in [-0.1, -0.05) is 27.7 Å². The molecule has 0 amide bonds. The second-order valence-electron chi connectivity index (χ2n) is 6.02. The van der Waals surface area contributed by atoms with Crippen LogP contribution in [0.5, 0.6) is 0 Å². The molecule has 1 fully saturated rings. The molecule has 1 saturated heterocycles. The van der Waals surface area contributed by atoms with Crippen LogP contribution < -0.4 is 5.32 Å². The van der Waals surface area contributed by atoms with Gasteiger partial charge in [-0.05, 0) is 44.7 Å². The van der Waals surface area contributed by atoms with Gasteiger partial charge in [-0.25, -0.2) is 0 Å². The topological polar surface area (TPSA) is 15.3 Å². The van der Waals surface area contributed by atoms with Gasteiger partial charge >= 0.3 is 0 Å². The first-order valence-electron chi connectivity index (χ1n) is 6.98. The lowest BCUT2D eigenvalue weighted by Crippen LogP contribution is -2.46. The molecule has 0 saturated carbocycles. The Morgan fingerprint density at radius 2 is 1.94 bits per heavy atom. The highest BCUT2D eigenvalue weighted by Gasteiger charge is 2.27. The van der Waals surface area contributed by atoms with Crippen molar-refractivity contribution in [2.24, 2.45) is 11.8 Å². The highest BCUT2D eigenvalue weighted by molar-refractivity contribution is 4.81. The number of nitrogens with zero attached hydrogens (tertiary/aromatic N) is 1. The Hall–Kier alpha value is -0.0800. The van der Waals surface area contributed by atoms with Crippen molar-refractivity contribution in [1.29, 1.82) is 0 Å². The van der Waals surface area contributed by atoms with Crippen LogP contribution in [0.15, 0.2) is 0 Å². The SMILES string of the molecule is CC1CC(C)C(C)N(CCCNC(C)C)C1. The standard InChI is InChI=1S/C14H30N2/c1-11(2)15-7-6-8-16-10-12(3)9-13(4)14(16)5/h11-15H,6-10H2,1-5H3. The molecule has 0 spiro atoms. The third-order valence-electron chi connectivity index (χ3n) is 3.89. The lowest BCUT2D eigenvalue weighted by molar-refractivity contribution is 0.0787. The molecular weight excluding hydrogens is 196 g/mol. The normalized spacial score (nSPS) is 32.2. The second kappa shape index (κ2) is 6.61. The quantitative estimate of drug-likeness (QED) is 0.725. The minimum absolute atomic E-state index is 0.622. The Bertz CT molecular complexity index is 191. The van der Waals surface area contributed by atoms with E-state index in [1.54, 1.807) is 0 Å². The monoisotopic (exact) mass is 226 g/mol. The van der Waals surface area contributed by atoms with Crippen molar-refractivity contribution in [2.45, 2.75) is 59.5 Å². The summed E-state index contributed by atoms with van der Waals surface area (Å²) in [5.41, 5.74) is 0. The van der Waals surface area contributed by atoms with Crippen molar-refractivity contribution in [3.05, 3.63) is 0 Å². The average molecular weight is 226 g/mol. The molecule has 1 aliphatic rings. The van der Waals surface area contributed by atoms with Crippen molar-refractivity contribution >= 4 is 0 Å². The Kier molecular flexibility index (Phi) is 5.77. The molecule has 0 aromatic carbocycles. The molecular formula is C14H30N2. The van der Waals surface area contributed by atoms with Gasteiger partial charge in [0.2, 0.25) is 0 Å². The number of nitrogens with one attached hydrogen (secondary N) is 1. The molecule has 0 aromatic rings. The zero-order valence-electron chi connectivity index (χ0n) is 11.8. The van der Waals surface area contributed by atoms with Crippen LogP contribution in [0.1, 0.15) is 47.5 Å². The van der Waals surface area contributed by atoms with Gasteiger partial charge in [-0.3, -0.25) is 0 Å². The van der Waals surface area contributed by atoms with E-state index in [9.17, 15) is 0 Å². The largest absolute Gasteiger partial charge is 0.314 e. The molecule has 1 rings (SSSR count). The van der Waals surface area contributed by atoms with Gasteiger partial charge in [-0.15, -0.1) is 0 Å². The number of likely N-dealkylation sites (tertiary alicyclic amines) is 1. The van der Waals surface area contributed by atoms with Crippen molar-refractivity contribution in [1.82, 2.24) is 10.2 Å². The van der Waals surface area contributed by atoms with Gasteiger partial charge < -0.3 is 10.2 Å². The average Bonchev–Trinajstić information content (AvgIpc) is 2.19. The van der Waals surface area contributed by atoms with Crippen LogP contribution in [0, 0.1) is 11.8 Å². The van der Waals surface area contributed by atoms with Gasteiger partial charge in [0.1, 0.15) is 0 Å². The minimum atomic E-state index is 0.622. The van der Waals surface area contributed by atoms with Crippen LogP contribution in [0.4, 0.5) is 0 Å². The maximum Gasteiger partial charge on any atom is 0.00927 e. The van der Waals surface area contributed by atoms with Crippen LogP contribution in [-0.4, -0.2) is 36.6 Å². The van der Waals surface area contributed by atoms with Crippen LogP contribution in [0.2, 0.25) is 0 Å². The minimum Gasteiger partial charge on any atom is -0.314 e. The first-order valence-corrected chi connectivity index (χ1v) is 6.98. The van der Waals surface area contributed by atoms with E-state index >= 15 is 0 Å². The summed E-state index contributed by atoms with van der Waals surface area (Å²) in [7, 11) is 0. The Labute approximate surface area is 102 Å². The summed E-state index contributed by atoms with van der Waals surface area (Å²) in [6.07, 6.45) is 2.68. The molecule has 3 atom stereocenters. The smallest absolute Gasteiger partial charge is 0.00927 e. The molecule has 16 heavy (non-hydrogen) atoms. The lowest BCUT2D eigenvalue weighted by atomic mass is 9.86. The molecule has 0 radical (unpaired) electrons. The third kappa shape index (κ3) is 4.42. The van der Waals surface area contributed by atoms with E-state index in [-0.39, 0.29) is 0 Å². The third-order valence-corrected chi connectivity index (χ3v) is 3.89. The molecule has 3 unspecified atom stereocenters. The van der Waals surface area contributed by atoms with Crippen LogP contribution in [0.25, 0.3) is 0 Å². The summed E-state index contributed by atoms with van der Waals surface area (Å²) in [6.45, 7) is 15.3. The zero-order chi connectivity index (χ0) is 12.1. The van der Waals surface area contributed by atoms with Crippen molar-refractivity contribution in [3.63, 3.8) is 0 Å². The summed E-state index contributed by atoms with van der Waals surface area (Å²) in [6, 6.07) is 1.40. The van der Waals surface area contributed by atoms with E-state index in [1.165, 1.54) is 25.9 Å². The van der Waals surface area contributed by atoms with Gasteiger partial charge in [-0.2, -0.15) is 0 Å². The fourth-order valence-corrected chi connectivity index (χ4v) is 2.80. The van der Waals surface area contributed by atoms with E-state index in [0.717, 1.165) is 24.4 Å². The molecule has 96 valence electrons. The predicted octanol–water partition coefficient (Wildman–Crippen LogP) is 2.74. The maximum absolute atomic E-state index is 3.50. The van der Waals surface area contributed by atoms with Crippen molar-refractivity contribution in [2.75, 3.05) is 19.6 Å². The molecule has 2 heteroatoms. The van der Waals surface area contributed by atoms with Gasteiger partial charge in [0.15, 0.2) is 0 Å². The molecule has 1 heterocycles. The molecule has 2 nitrogen and oxygen atoms in total.